The van der Waals surface area contributed by atoms with Crippen LogP contribution in [0.2, 0.25) is 0 Å². The van der Waals surface area contributed by atoms with Crippen molar-refractivity contribution in [1.29, 1.82) is 0 Å². The predicted octanol–water partition coefficient (Wildman–Crippen LogP) is 4.25. The van der Waals surface area contributed by atoms with Crippen molar-refractivity contribution in [2.24, 2.45) is 0 Å². The van der Waals surface area contributed by atoms with Crippen LogP contribution in [-0.2, 0) is 19.5 Å². The van der Waals surface area contributed by atoms with Gasteiger partial charge in [-0.1, -0.05) is 18.2 Å². The minimum Gasteiger partial charge on any atom is -0.306 e. The maximum atomic E-state index is 2.59. The third-order valence-electron chi connectivity index (χ3n) is 4.94. The van der Waals surface area contributed by atoms with Gasteiger partial charge in [-0.3, -0.25) is 4.90 Å². The molecule has 0 saturated carbocycles. The second kappa shape index (κ2) is 7.61. The average Bonchev–Trinajstić information content (AvgIpc) is 3.15. The van der Waals surface area contributed by atoms with E-state index in [1.807, 2.05) is 11.3 Å². The maximum Gasteiger partial charge on any atom is 0.0240 e. The quantitative estimate of drug-likeness (QED) is 0.750. The first-order valence-corrected chi connectivity index (χ1v) is 9.52. The fraction of sp³-hybridized carbons (Fsp3) is 0.500. The van der Waals surface area contributed by atoms with Gasteiger partial charge in [0.05, 0.1) is 0 Å². The molecule has 23 heavy (non-hydrogen) atoms. The Labute approximate surface area is 144 Å². The molecule has 0 saturated heterocycles. The number of thiophene rings is 1. The molecular formula is C20H28N2S. The zero-order valence-electron chi connectivity index (χ0n) is 14.6. The van der Waals surface area contributed by atoms with Crippen molar-refractivity contribution in [3.05, 3.63) is 56.8 Å². The number of hydrogen-bond donors (Lipinski definition) is 0. The van der Waals surface area contributed by atoms with Crippen molar-refractivity contribution in [3.63, 3.8) is 0 Å². The van der Waals surface area contributed by atoms with Crippen LogP contribution in [0.4, 0.5) is 0 Å². The maximum absolute atomic E-state index is 2.59. The van der Waals surface area contributed by atoms with Crippen LogP contribution in [0.15, 0.2) is 29.6 Å². The third-order valence-corrected chi connectivity index (χ3v) is 5.87. The SMILES string of the molecule is Cc1cc2c(cc1C)CN(CCCN(C)CCc1cccs1)C2. The molecule has 1 aliphatic heterocycles. The molecule has 0 amide bonds. The van der Waals surface area contributed by atoms with Crippen molar-refractivity contribution < 1.29 is 0 Å². The lowest BCUT2D eigenvalue weighted by atomic mass is 10.0. The molecule has 3 heteroatoms. The first-order chi connectivity index (χ1) is 11.1. The summed E-state index contributed by atoms with van der Waals surface area (Å²) in [4.78, 5) is 6.56. The Bertz CT molecular complexity index is 602. The number of hydrogen-bond acceptors (Lipinski definition) is 3. The molecule has 2 aromatic rings. The second-order valence-electron chi connectivity index (χ2n) is 6.90. The Morgan fingerprint density at radius 1 is 1.09 bits per heavy atom. The number of rotatable bonds is 7. The van der Waals surface area contributed by atoms with Crippen molar-refractivity contribution >= 4 is 11.3 Å². The summed E-state index contributed by atoms with van der Waals surface area (Å²) in [6, 6.07) is 9.16. The highest BCUT2D eigenvalue weighted by Gasteiger charge is 2.19. The Morgan fingerprint density at radius 3 is 2.39 bits per heavy atom. The topological polar surface area (TPSA) is 6.48 Å². The van der Waals surface area contributed by atoms with Crippen LogP contribution in [0, 0.1) is 13.8 Å². The van der Waals surface area contributed by atoms with Crippen molar-refractivity contribution in [2.75, 3.05) is 26.7 Å². The lowest BCUT2D eigenvalue weighted by Crippen LogP contribution is -2.26. The van der Waals surface area contributed by atoms with Crippen molar-refractivity contribution in [1.82, 2.24) is 9.80 Å². The number of benzene rings is 1. The smallest absolute Gasteiger partial charge is 0.0240 e. The summed E-state index contributed by atoms with van der Waals surface area (Å²) in [6.45, 7) is 10.3. The molecule has 1 aromatic carbocycles. The van der Waals surface area contributed by atoms with Gasteiger partial charge in [0.1, 0.15) is 0 Å². The van der Waals surface area contributed by atoms with Crippen LogP contribution in [0.25, 0.3) is 0 Å². The van der Waals surface area contributed by atoms with Gasteiger partial charge in [0, 0.05) is 31.1 Å². The molecule has 124 valence electrons. The Kier molecular flexibility index (Phi) is 5.52. The van der Waals surface area contributed by atoms with E-state index < -0.39 is 0 Å². The number of fused-ring (bicyclic) bond motifs is 1. The highest BCUT2D eigenvalue weighted by molar-refractivity contribution is 7.09. The predicted molar refractivity (Wildman–Crippen MR) is 100 cm³/mol. The summed E-state index contributed by atoms with van der Waals surface area (Å²) >= 11 is 1.87. The van der Waals surface area contributed by atoms with Gasteiger partial charge in [-0.05, 0) is 74.0 Å². The van der Waals surface area contributed by atoms with Crippen molar-refractivity contribution in [2.45, 2.75) is 39.8 Å². The molecule has 2 nitrogen and oxygen atoms in total. The minimum atomic E-state index is 1.13. The molecule has 0 unspecified atom stereocenters. The summed E-state index contributed by atoms with van der Waals surface area (Å²) in [7, 11) is 2.25. The van der Waals surface area contributed by atoms with Gasteiger partial charge in [-0.2, -0.15) is 0 Å². The fourth-order valence-corrected chi connectivity index (χ4v) is 4.06. The molecule has 0 aliphatic carbocycles. The van der Waals surface area contributed by atoms with Gasteiger partial charge < -0.3 is 4.90 Å². The highest BCUT2D eigenvalue weighted by atomic mass is 32.1. The summed E-state index contributed by atoms with van der Waals surface area (Å²) in [5.41, 5.74) is 5.94. The molecule has 0 fully saturated rings. The van der Waals surface area contributed by atoms with Crippen LogP contribution in [-0.4, -0.2) is 36.5 Å². The molecule has 0 atom stereocenters. The van der Waals surface area contributed by atoms with Crippen LogP contribution in [0.5, 0.6) is 0 Å². The second-order valence-corrected chi connectivity index (χ2v) is 7.93. The van der Waals surface area contributed by atoms with Crippen LogP contribution >= 0.6 is 11.3 Å². The summed E-state index contributed by atoms with van der Waals surface area (Å²) in [5.74, 6) is 0. The summed E-state index contributed by atoms with van der Waals surface area (Å²) < 4.78 is 0. The van der Waals surface area contributed by atoms with E-state index in [0.717, 1.165) is 13.1 Å². The molecular weight excluding hydrogens is 300 g/mol. The normalized spacial score (nSPS) is 14.6. The van der Waals surface area contributed by atoms with Crippen LogP contribution in [0.1, 0.15) is 33.6 Å². The monoisotopic (exact) mass is 328 g/mol. The fourth-order valence-electron chi connectivity index (χ4n) is 3.36. The van der Waals surface area contributed by atoms with Gasteiger partial charge in [0.15, 0.2) is 0 Å². The lowest BCUT2D eigenvalue weighted by Gasteiger charge is -2.19. The van der Waals surface area contributed by atoms with E-state index >= 15 is 0 Å². The summed E-state index contributed by atoms with van der Waals surface area (Å²) in [6.07, 6.45) is 2.44. The molecule has 0 N–H and O–H groups in total. The summed E-state index contributed by atoms with van der Waals surface area (Å²) in [5, 5.41) is 2.17. The molecule has 0 bridgehead atoms. The standard InChI is InChI=1S/C20H28N2S/c1-16-12-18-14-22(15-19(18)13-17(16)2)9-5-8-21(3)10-7-20-6-4-11-23-20/h4,6,11-13H,5,7-10,14-15H2,1-3H3. The Balaban J connectivity index is 1.38. The zero-order valence-corrected chi connectivity index (χ0v) is 15.5. The number of aryl methyl sites for hydroxylation is 2. The zero-order chi connectivity index (χ0) is 16.2. The van der Waals surface area contributed by atoms with Gasteiger partial charge in [0.25, 0.3) is 0 Å². The van der Waals surface area contributed by atoms with Gasteiger partial charge in [-0.15, -0.1) is 11.3 Å². The minimum absolute atomic E-state index is 1.13. The van der Waals surface area contributed by atoms with E-state index in [9.17, 15) is 0 Å². The van der Waals surface area contributed by atoms with E-state index in [-0.39, 0.29) is 0 Å². The average molecular weight is 329 g/mol. The Morgan fingerprint density at radius 2 is 1.78 bits per heavy atom. The van der Waals surface area contributed by atoms with Crippen molar-refractivity contribution in [3.8, 4) is 0 Å². The number of nitrogens with zero attached hydrogens (tertiary/aromatic N) is 2. The molecule has 2 heterocycles. The van der Waals surface area contributed by atoms with Gasteiger partial charge >= 0.3 is 0 Å². The van der Waals surface area contributed by atoms with Gasteiger partial charge in [0.2, 0.25) is 0 Å². The van der Waals surface area contributed by atoms with E-state index in [1.165, 1.54) is 48.5 Å². The molecule has 3 rings (SSSR count). The number of likely N-dealkylation sites (N-methyl/N-ethyl adjacent to an activating group) is 1. The van der Waals surface area contributed by atoms with E-state index in [1.54, 1.807) is 11.1 Å². The third kappa shape index (κ3) is 4.43. The van der Waals surface area contributed by atoms with E-state index in [0.29, 0.717) is 0 Å². The van der Waals surface area contributed by atoms with Crippen LogP contribution in [0.3, 0.4) is 0 Å². The molecule has 0 spiro atoms. The molecule has 0 radical (unpaired) electrons. The first kappa shape index (κ1) is 16.7. The van der Waals surface area contributed by atoms with E-state index in [4.69, 9.17) is 0 Å². The Hall–Kier alpha value is -1.16. The molecule has 1 aromatic heterocycles. The largest absolute Gasteiger partial charge is 0.306 e. The molecule has 1 aliphatic rings. The first-order valence-electron chi connectivity index (χ1n) is 8.64. The van der Waals surface area contributed by atoms with Gasteiger partial charge in [-0.25, -0.2) is 0 Å². The lowest BCUT2D eigenvalue weighted by molar-refractivity contribution is 0.251. The van der Waals surface area contributed by atoms with Crippen LogP contribution < -0.4 is 0 Å². The highest BCUT2D eigenvalue weighted by Crippen LogP contribution is 2.25. The van der Waals surface area contributed by atoms with E-state index in [2.05, 4.69) is 60.3 Å².